The third kappa shape index (κ3) is 5.72. The summed E-state index contributed by atoms with van der Waals surface area (Å²) in [7, 11) is 0. The number of benzene rings is 1. The van der Waals surface area contributed by atoms with Gasteiger partial charge in [-0.3, -0.25) is 9.69 Å². The van der Waals surface area contributed by atoms with Crippen LogP contribution in [0.5, 0.6) is 0 Å². The van der Waals surface area contributed by atoms with Gasteiger partial charge >= 0.3 is 0 Å². The number of nitrogens with one attached hydrogen (secondary N) is 1. The predicted octanol–water partition coefficient (Wildman–Crippen LogP) is 4.02. The summed E-state index contributed by atoms with van der Waals surface area (Å²) in [6.45, 7) is 5.45. The van der Waals surface area contributed by atoms with E-state index in [9.17, 15) is 4.79 Å². The van der Waals surface area contributed by atoms with Gasteiger partial charge in [0.2, 0.25) is 5.91 Å². The number of morpholine rings is 1. The number of furan rings is 1. The first-order valence-electron chi connectivity index (χ1n) is 9.11. The number of carbonyl (C=O) groups is 1. The summed E-state index contributed by atoms with van der Waals surface area (Å²) in [6.07, 6.45) is 0.943. The quantitative estimate of drug-likeness (QED) is 0.748. The van der Waals surface area contributed by atoms with Gasteiger partial charge in [-0.15, -0.1) is 0 Å². The Kier molecular flexibility index (Phi) is 7.19. The summed E-state index contributed by atoms with van der Waals surface area (Å²) in [5, 5.41) is 4.22. The van der Waals surface area contributed by atoms with Crippen molar-refractivity contribution in [2.45, 2.75) is 25.8 Å². The van der Waals surface area contributed by atoms with Gasteiger partial charge in [0.05, 0.1) is 19.3 Å². The minimum Gasteiger partial charge on any atom is -0.465 e. The van der Waals surface area contributed by atoms with Crippen LogP contribution >= 0.6 is 23.2 Å². The molecule has 2 heterocycles. The van der Waals surface area contributed by atoms with Gasteiger partial charge in [-0.1, -0.05) is 29.3 Å². The summed E-state index contributed by atoms with van der Waals surface area (Å²) in [5.41, 5.74) is 0.919. The van der Waals surface area contributed by atoms with Crippen LogP contribution < -0.4 is 5.32 Å². The Morgan fingerprint density at radius 2 is 2.00 bits per heavy atom. The van der Waals surface area contributed by atoms with E-state index in [1.54, 1.807) is 12.1 Å². The molecular formula is C20H24Cl2N2O3. The molecule has 1 saturated heterocycles. The molecule has 1 aromatic carbocycles. The maximum Gasteiger partial charge on any atom is 0.220 e. The zero-order valence-electron chi connectivity index (χ0n) is 15.3. The topological polar surface area (TPSA) is 54.7 Å². The summed E-state index contributed by atoms with van der Waals surface area (Å²) in [6, 6.07) is 9.28. The van der Waals surface area contributed by atoms with E-state index in [4.69, 9.17) is 32.4 Å². The highest BCUT2D eigenvalue weighted by molar-refractivity contribution is 6.35. The monoisotopic (exact) mass is 410 g/mol. The van der Waals surface area contributed by atoms with E-state index >= 15 is 0 Å². The lowest BCUT2D eigenvalue weighted by Crippen LogP contribution is -2.43. The molecular weight excluding hydrogens is 387 g/mol. The molecule has 1 fully saturated rings. The number of hydrogen-bond donors (Lipinski definition) is 1. The van der Waals surface area contributed by atoms with E-state index in [2.05, 4.69) is 10.2 Å². The fourth-order valence-corrected chi connectivity index (χ4v) is 3.71. The Balaban J connectivity index is 1.56. The second kappa shape index (κ2) is 9.60. The zero-order chi connectivity index (χ0) is 19.2. The van der Waals surface area contributed by atoms with Crippen LogP contribution in [0.4, 0.5) is 0 Å². The average molecular weight is 411 g/mol. The van der Waals surface area contributed by atoms with Crippen molar-refractivity contribution >= 4 is 29.1 Å². The molecule has 0 bridgehead atoms. The third-order valence-electron chi connectivity index (χ3n) is 4.71. The first kappa shape index (κ1) is 20.2. The molecule has 0 radical (unpaired) electrons. The minimum absolute atomic E-state index is 0.00525. The highest BCUT2D eigenvalue weighted by Crippen LogP contribution is 2.24. The molecule has 146 valence electrons. The first-order valence-corrected chi connectivity index (χ1v) is 9.87. The van der Waals surface area contributed by atoms with E-state index in [0.717, 1.165) is 30.2 Å². The molecule has 1 aromatic heterocycles. The SMILES string of the molecule is Cc1ccc(C(CNC(=O)CCc2ccc(Cl)cc2Cl)N2CCOCC2)o1. The van der Waals surface area contributed by atoms with Crippen molar-refractivity contribution in [1.29, 1.82) is 0 Å². The molecule has 1 atom stereocenters. The van der Waals surface area contributed by atoms with Crippen LogP contribution in [0.25, 0.3) is 0 Å². The highest BCUT2D eigenvalue weighted by atomic mass is 35.5. The van der Waals surface area contributed by atoms with Crippen molar-refractivity contribution < 1.29 is 13.9 Å². The summed E-state index contributed by atoms with van der Waals surface area (Å²) in [5.74, 6) is 1.73. The standard InChI is InChI=1S/C20H24Cl2N2O3/c1-14-2-6-19(27-14)18(24-8-10-26-11-9-24)13-23-20(25)7-4-15-3-5-16(21)12-17(15)22/h2-3,5-6,12,18H,4,7-11,13H2,1H3,(H,23,25). The molecule has 1 amide bonds. The zero-order valence-corrected chi connectivity index (χ0v) is 16.9. The fourth-order valence-electron chi connectivity index (χ4n) is 3.20. The Hall–Kier alpha value is -1.53. The van der Waals surface area contributed by atoms with E-state index in [0.29, 0.717) is 42.6 Å². The average Bonchev–Trinajstić information content (AvgIpc) is 3.08. The predicted molar refractivity (Wildman–Crippen MR) is 106 cm³/mol. The normalized spacial score (nSPS) is 16.3. The molecule has 3 rings (SSSR count). The van der Waals surface area contributed by atoms with Gasteiger partial charge in [-0.2, -0.15) is 0 Å². The molecule has 1 N–H and O–H groups in total. The molecule has 1 aliphatic heterocycles. The van der Waals surface area contributed by atoms with Crippen molar-refractivity contribution in [3.8, 4) is 0 Å². The number of rotatable bonds is 7. The van der Waals surface area contributed by atoms with Crippen LogP contribution in [0.15, 0.2) is 34.7 Å². The lowest BCUT2D eigenvalue weighted by Gasteiger charge is -2.33. The lowest BCUT2D eigenvalue weighted by atomic mass is 10.1. The fraction of sp³-hybridized carbons (Fsp3) is 0.450. The molecule has 1 aliphatic rings. The molecule has 5 nitrogen and oxygen atoms in total. The smallest absolute Gasteiger partial charge is 0.220 e. The van der Waals surface area contributed by atoms with Gasteiger partial charge in [0.1, 0.15) is 11.5 Å². The second-order valence-corrected chi connectivity index (χ2v) is 7.50. The number of nitrogens with zero attached hydrogens (tertiary/aromatic N) is 1. The van der Waals surface area contributed by atoms with Crippen LogP contribution in [0.1, 0.15) is 29.5 Å². The Bertz CT molecular complexity index is 772. The first-order chi connectivity index (χ1) is 13.0. The van der Waals surface area contributed by atoms with Crippen molar-refractivity contribution in [2.24, 2.45) is 0 Å². The summed E-state index contributed by atoms with van der Waals surface area (Å²) >= 11 is 12.1. The van der Waals surface area contributed by atoms with Gasteiger partial charge in [0.25, 0.3) is 0 Å². The number of halogens is 2. The van der Waals surface area contributed by atoms with Crippen molar-refractivity contribution in [3.63, 3.8) is 0 Å². The second-order valence-electron chi connectivity index (χ2n) is 6.65. The van der Waals surface area contributed by atoms with Crippen molar-refractivity contribution in [1.82, 2.24) is 10.2 Å². The largest absolute Gasteiger partial charge is 0.465 e. The van der Waals surface area contributed by atoms with E-state index in [1.165, 1.54) is 0 Å². The van der Waals surface area contributed by atoms with Crippen LogP contribution in [0.2, 0.25) is 10.0 Å². The molecule has 0 saturated carbocycles. The number of ether oxygens (including phenoxy) is 1. The van der Waals surface area contributed by atoms with Crippen LogP contribution in [0, 0.1) is 6.92 Å². The molecule has 7 heteroatoms. The van der Waals surface area contributed by atoms with Crippen LogP contribution in [-0.4, -0.2) is 43.7 Å². The maximum absolute atomic E-state index is 12.4. The van der Waals surface area contributed by atoms with E-state index in [-0.39, 0.29) is 11.9 Å². The Labute approximate surface area is 169 Å². The molecule has 0 spiro atoms. The summed E-state index contributed by atoms with van der Waals surface area (Å²) in [4.78, 5) is 14.7. The highest BCUT2D eigenvalue weighted by Gasteiger charge is 2.25. The van der Waals surface area contributed by atoms with Gasteiger partial charge in [-0.05, 0) is 43.2 Å². The van der Waals surface area contributed by atoms with Crippen molar-refractivity contribution in [3.05, 3.63) is 57.5 Å². The maximum atomic E-state index is 12.4. The molecule has 2 aromatic rings. The van der Waals surface area contributed by atoms with E-state index in [1.807, 2.05) is 25.1 Å². The lowest BCUT2D eigenvalue weighted by molar-refractivity contribution is -0.121. The third-order valence-corrected chi connectivity index (χ3v) is 5.29. The minimum atomic E-state index is -0.0115. The summed E-state index contributed by atoms with van der Waals surface area (Å²) < 4.78 is 11.3. The molecule has 0 aliphatic carbocycles. The van der Waals surface area contributed by atoms with Crippen LogP contribution in [0.3, 0.4) is 0 Å². The Morgan fingerprint density at radius 1 is 1.22 bits per heavy atom. The van der Waals surface area contributed by atoms with Gasteiger partial charge in [0, 0.05) is 36.1 Å². The van der Waals surface area contributed by atoms with Crippen LogP contribution in [-0.2, 0) is 16.0 Å². The number of carbonyl (C=O) groups excluding carboxylic acids is 1. The molecule has 1 unspecified atom stereocenters. The number of aryl methyl sites for hydroxylation is 2. The van der Waals surface area contributed by atoms with E-state index < -0.39 is 0 Å². The van der Waals surface area contributed by atoms with Gasteiger partial charge in [-0.25, -0.2) is 0 Å². The van der Waals surface area contributed by atoms with Gasteiger partial charge < -0.3 is 14.5 Å². The Morgan fingerprint density at radius 3 is 2.67 bits per heavy atom. The van der Waals surface area contributed by atoms with Crippen molar-refractivity contribution in [2.75, 3.05) is 32.8 Å². The number of hydrogen-bond acceptors (Lipinski definition) is 4. The van der Waals surface area contributed by atoms with Gasteiger partial charge in [0.15, 0.2) is 0 Å². The number of amides is 1. The molecule has 27 heavy (non-hydrogen) atoms.